The summed E-state index contributed by atoms with van der Waals surface area (Å²) in [7, 11) is 0.00713. The summed E-state index contributed by atoms with van der Waals surface area (Å²) < 4.78 is 36.9. The highest BCUT2D eigenvalue weighted by molar-refractivity contribution is 7.89. The SMILES string of the molecule is Cc1nc(S(=O)(=O)NC[C@@H]2CCCO[C@H]2c2cnn(C)c2)cn1C. The van der Waals surface area contributed by atoms with E-state index in [4.69, 9.17) is 4.74 Å². The predicted octanol–water partition coefficient (Wildman–Crippen LogP) is 0.908. The summed E-state index contributed by atoms with van der Waals surface area (Å²) in [6.07, 6.45) is 6.91. The van der Waals surface area contributed by atoms with Gasteiger partial charge in [0.15, 0.2) is 5.03 Å². The van der Waals surface area contributed by atoms with Crippen molar-refractivity contribution in [3.8, 4) is 0 Å². The van der Waals surface area contributed by atoms with Crippen LogP contribution in [0.5, 0.6) is 0 Å². The minimum atomic E-state index is -3.62. The van der Waals surface area contributed by atoms with Gasteiger partial charge in [0.2, 0.25) is 0 Å². The average Bonchev–Trinajstić information content (AvgIpc) is 3.12. The highest BCUT2D eigenvalue weighted by atomic mass is 32.2. The number of nitrogens with one attached hydrogen (secondary N) is 1. The van der Waals surface area contributed by atoms with Crippen LogP contribution in [-0.2, 0) is 28.9 Å². The van der Waals surface area contributed by atoms with Crippen LogP contribution in [0.3, 0.4) is 0 Å². The number of sulfonamides is 1. The largest absolute Gasteiger partial charge is 0.373 e. The van der Waals surface area contributed by atoms with Crippen molar-refractivity contribution in [2.75, 3.05) is 13.2 Å². The lowest BCUT2D eigenvalue weighted by atomic mass is 9.91. The number of hydrogen-bond acceptors (Lipinski definition) is 5. The number of ether oxygens (including phenoxy) is 1. The first kappa shape index (κ1) is 17.1. The Hall–Kier alpha value is -1.71. The van der Waals surface area contributed by atoms with Gasteiger partial charge in [-0.05, 0) is 19.8 Å². The summed E-state index contributed by atoms with van der Waals surface area (Å²) in [5.41, 5.74) is 0.982. The van der Waals surface area contributed by atoms with E-state index in [1.54, 1.807) is 29.4 Å². The van der Waals surface area contributed by atoms with Gasteiger partial charge >= 0.3 is 0 Å². The van der Waals surface area contributed by atoms with Crippen LogP contribution in [0.15, 0.2) is 23.6 Å². The standard InChI is InChI=1S/C15H23N5O3S/c1-11-18-14(10-19(11)2)24(21,22)17-8-12-5-4-6-23-15(12)13-7-16-20(3)9-13/h7,9-10,12,15,17H,4-6,8H2,1-3H3/t12-,15+/m0/s1. The minimum absolute atomic E-state index is 0.0529. The van der Waals surface area contributed by atoms with E-state index < -0.39 is 10.0 Å². The van der Waals surface area contributed by atoms with Crippen LogP contribution < -0.4 is 4.72 Å². The molecule has 8 nitrogen and oxygen atoms in total. The molecule has 2 atom stereocenters. The number of imidazole rings is 1. The molecule has 0 radical (unpaired) electrons. The Kier molecular flexibility index (Phi) is 4.75. The van der Waals surface area contributed by atoms with Crippen molar-refractivity contribution in [2.45, 2.75) is 30.9 Å². The number of rotatable bonds is 5. The van der Waals surface area contributed by atoms with Crippen LogP contribution in [-0.4, -0.2) is 40.9 Å². The first-order chi connectivity index (χ1) is 11.4. The first-order valence-electron chi connectivity index (χ1n) is 7.96. The van der Waals surface area contributed by atoms with Crippen molar-refractivity contribution in [2.24, 2.45) is 20.0 Å². The van der Waals surface area contributed by atoms with E-state index in [9.17, 15) is 8.42 Å². The number of hydrogen-bond donors (Lipinski definition) is 1. The Balaban J connectivity index is 1.71. The summed E-state index contributed by atoms with van der Waals surface area (Å²) in [5.74, 6) is 0.729. The maximum Gasteiger partial charge on any atom is 0.259 e. The van der Waals surface area contributed by atoms with E-state index in [-0.39, 0.29) is 17.0 Å². The third-order valence-corrected chi connectivity index (χ3v) is 5.69. The molecule has 0 saturated carbocycles. The Morgan fingerprint density at radius 1 is 1.38 bits per heavy atom. The number of aryl methyl sites for hydroxylation is 3. The van der Waals surface area contributed by atoms with Crippen molar-refractivity contribution in [3.05, 3.63) is 30.0 Å². The molecule has 2 aromatic rings. The Morgan fingerprint density at radius 3 is 2.79 bits per heavy atom. The Bertz CT molecular complexity index is 791. The van der Waals surface area contributed by atoms with Crippen LogP contribution in [0.2, 0.25) is 0 Å². The third kappa shape index (κ3) is 3.52. The lowest BCUT2D eigenvalue weighted by molar-refractivity contribution is -0.0262. The molecule has 3 rings (SSSR count). The third-order valence-electron chi connectivity index (χ3n) is 4.40. The van der Waals surface area contributed by atoms with Gasteiger partial charge in [-0.3, -0.25) is 4.68 Å². The maximum absolute atomic E-state index is 12.4. The van der Waals surface area contributed by atoms with Crippen molar-refractivity contribution < 1.29 is 13.2 Å². The molecule has 0 amide bonds. The molecule has 1 aliphatic rings. The summed E-state index contributed by atoms with van der Waals surface area (Å²) >= 11 is 0. The van der Waals surface area contributed by atoms with Crippen molar-refractivity contribution >= 4 is 10.0 Å². The van der Waals surface area contributed by atoms with Gasteiger partial charge in [-0.15, -0.1) is 0 Å². The molecule has 1 aliphatic heterocycles. The fraction of sp³-hybridized carbons (Fsp3) is 0.600. The van der Waals surface area contributed by atoms with E-state index in [1.807, 2.05) is 13.2 Å². The van der Waals surface area contributed by atoms with Gasteiger partial charge in [0.25, 0.3) is 10.0 Å². The molecule has 9 heteroatoms. The molecule has 0 aromatic carbocycles. The Morgan fingerprint density at radius 2 is 2.17 bits per heavy atom. The van der Waals surface area contributed by atoms with Crippen LogP contribution >= 0.6 is 0 Å². The van der Waals surface area contributed by atoms with E-state index in [0.29, 0.717) is 19.0 Å². The van der Waals surface area contributed by atoms with Gasteiger partial charge in [-0.25, -0.2) is 18.1 Å². The van der Waals surface area contributed by atoms with Crippen LogP contribution in [0.4, 0.5) is 0 Å². The summed E-state index contributed by atoms with van der Waals surface area (Å²) in [5, 5.41) is 4.23. The minimum Gasteiger partial charge on any atom is -0.373 e. The molecule has 1 fully saturated rings. The summed E-state index contributed by atoms with van der Waals surface area (Å²) in [4.78, 5) is 4.09. The predicted molar refractivity (Wildman–Crippen MR) is 87.8 cm³/mol. The summed E-state index contributed by atoms with van der Waals surface area (Å²) in [6.45, 7) is 2.77. The molecule has 0 bridgehead atoms. The smallest absolute Gasteiger partial charge is 0.259 e. The molecule has 3 heterocycles. The molecule has 24 heavy (non-hydrogen) atoms. The fourth-order valence-electron chi connectivity index (χ4n) is 2.95. The van der Waals surface area contributed by atoms with Crippen LogP contribution in [0.25, 0.3) is 0 Å². The average molecular weight is 353 g/mol. The fourth-order valence-corrected chi connectivity index (χ4v) is 4.08. The number of nitrogens with zero attached hydrogens (tertiary/aromatic N) is 4. The molecule has 0 aliphatic carbocycles. The molecular weight excluding hydrogens is 330 g/mol. The second-order valence-corrected chi connectivity index (χ2v) is 7.94. The van der Waals surface area contributed by atoms with Gasteiger partial charge < -0.3 is 9.30 Å². The lowest BCUT2D eigenvalue weighted by Gasteiger charge is -2.31. The summed E-state index contributed by atoms with van der Waals surface area (Å²) in [6, 6.07) is 0. The van der Waals surface area contributed by atoms with Crippen molar-refractivity contribution in [1.82, 2.24) is 24.1 Å². The van der Waals surface area contributed by atoms with Gasteiger partial charge in [0, 0.05) is 51.1 Å². The first-order valence-corrected chi connectivity index (χ1v) is 9.45. The zero-order valence-electron chi connectivity index (χ0n) is 14.1. The number of aromatic nitrogens is 4. The quantitative estimate of drug-likeness (QED) is 0.863. The highest BCUT2D eigenvalue weighted by Gasteiger charge is 2.30. The van der Waals surface area contributed by atoms with Gasteiger partial charge in [-0.1, -0.05) is 0 Å². The van der Waals surface area contributed by atoms with E-state index >= 15 is 0 Å². The molecular formula is C15H23N5O3S. The van der Waals surface area contributed by atoms with Crippen LogP contribution in [0, 0.1) is 12.8 Å². The molecule has 1 N–H and O–H groups in total. The van der Waals surface area contributed by atoms with Crippen LogP contribution in [0.1, 0.15) is 30.3 Å². The second kappa shape index (κ2) is 6.66. The van der Waals surface area contributed by atoms with Gasteiger partial charge in [0.05, 0.1) is 12.3 Å². The second-order valence-electron chi connectivity index (χ2n) is 6.23. The Labute approximate surface area is 141 Å². The zero-order valence-corrected chi connectivity index (χ0v) is 15.0. The highest BCUT2D eigenvalue weighted by Crippen LogP contribution is 2.33. The molecule has 0 spiro atoms. The van der Waals surface area contributed by atoms with E-state index in [2.05, 4.69) is 14.8 Å². The lowest BCUT2D eigenvalue weighted by Crippen LogP contribution is -2.35. The molecule has 0 unspecified atom stereocenters. The molecule has 1 saturated heterocycles. The molecule has 132 valence electrons. The zero-order chi connectivity index (χ0) is 17.3. The molecule has 2 aromatic heterocycles. The van der Waals surface area contributed by atoms with Gasteiger partial charge in [-0.2, -0.15) is 5.10 Å². The van der Waals surface area contributed by atoms with E-state index in [0.717, 1.165) is 18.4 Å². The topological polar surface area (TPSA) is 91.0 Å². The maximum atomic E-state index is 12.4. The van der Waals surface area contributed by atoms with Gasteiger partial charge in [0.1, 0.15) is 5.82 Å². The normalized spacial score (nSPS) is 22.0. The van der Waals surface area contributed by atoms with Crippen molar-refractivity contribution in [3.63, 3.8) is 0 Å². The monoisotopic (exact) mass is 353 g/mol. The van der Waals surface area contributed by atoms with E-state index in [1.165, 1.54) is 6.20 Å². The van der Waals surface area contributed by atoms with Crippen molar-refractivity contribution in [1.29, 1.82) is 0 Å².